The molecule has 1 N–H and O–H groups in total. The van der Waals surface area contributed by atoms with Crippen molar-refractivity contribution >= 4 is 13.8 Å². The van der Waals surface area contributed by atoms with Crippen LogP contribution in [0.1, 0.15) is 45.4 Å². The summed E-state index contributed by atoms with van der Waals surface area (Å²) in [4.78, 5) is 23.0. The number of rotatable bonds is 15. The second kappa shape index (κ2) is 12.8. The number of carbonyl (C=O) groups excluding carboxylic acids is 1. The molecule has 0 aromatic heterocycles. The molecule has 8 nitrogen and oxygen atoms in total. The molecular formula is C16H34NO7P. The van der Waals surface area contributed by atoms with Crippen LogP contribution in [-0.2, 0) is 23.1 Å². The van der Waals surface area contributed by atoms with Gasteiger partial charge in [0.05, 0.1) is 27.7 Å². The second-order valence-corrected chi connectivity index (χ2v) is 8.50. The fraction of sp³-hybridized carbons (Fsp3) is 0.938. The van der Waals surface area contributed by atoms with Gasteiger partial charge in [-0.05, 0) is 6.42 Å². The van der Waals surface area contributed by atoms with Gasteiger partial charge < -0.3 is 28.3 Å². The molecule has 0 aliphatic rings. The maximum atomic E-state index is 11.5. The lowest BCUT2D eigenvalue weighted by Gasteiger charge is -2.27. The molecule has 2 atom stereocenters. The number of phosphoric ester groups is 1. The van der Waals surface area contributed by atoms with E-state index in [9.17, 15) is 19.4 Å². The minimum absolute atomic E-state index is 0.00656. The Labute approximate surface area is 151 Å². The second-order valence-electron chi connectivity index (χ2n) is 7.09. The van der Waals surface area contributed by atoms with Crippen molar-refractivity contribution in [3.05, 3.63) is 0 Å². The summed E-state index contributed by atoms with van der Waals surface area (Å²) in [6.07, 6.45) is 4.18. The molecule has 0 fully saturated rings. The molecule has 0 radical (unpaired) electrons. The summed E-state index contributed by atoms with van der Waals surface area (Å²) in [7, 11) is 1.25. The van der Waals surface area contributed by atoms with Gasteiger partial charge in [0.2, 0.25) is 0 Å². The van der Waals surface area contributed by atoms with Crippen molar-refractivity contribution in [3.8, 4) is 0 Å². The largest absolute Gasteiger partial charge is 0.756 e. The van der Waals surface area contributed by atoms with E-state index >= 15 is 0 Å². The summed E-state index contributed by atoms with van der Waals surface area (Å²) in [5.41, 5.74) is 0. The molecule has 0 amide bonds. The van der Waals surface area contributed by atoms with Gasteiger partial charge in [-0.2, -0.15) is 0 Å². The van der Waals surface area contributed by atoms with E-state index in [1.165, 1.54) is 0 Å². The van der Waals surface area contributed by atoms with Gasteiger partial charge in [-0.1, -0.05) is 32.6 Å². The first kappa shape index (κ1) is 24.5. The number of esters is 1. The summed E-state index contributed by atoms with van der Waals surface area (Å²) in [5, 5.41) is 9.64. The zero-order chi connectivity index (χ0) is 19.3. The van der Waals surface area contributed by atoms with Crippen LogP contribution in [0.15, 0.2) is 0 Å². The van der Waals surface area contributed by atoms with Crippen LogP contribution in [0.3, 0.4) is 0 Å². The first-order valence-corrected chi connectivity index (χ1v) is 10.3. The quantitative estimate of drug-likeness (QED) is 0.197. The Bertz CT molecular complexity index is 412. The molecule has 0 heterocycles. The molecule has 0 rings (SSSR count). The molecule has 25 heavy (non-hydrogen) atoms. The first-order chi connectivity index (χ1) is 11.6. The van der Waals surface area contributed by atoms with E-state index < -0.39 is 26.5 Å². The SMILES string of the molecule is CCCCCCCC(=O)OCC(O)COP(=O)([O-])OCC[N+](C)(C)C. The van der Waals surface area contributed by atoms with E-state index in [4.69, 9.17) is 9.26 Å². The number of hydrogen-bond donors (Lipinski definition) is 1. The van der Waals surface area contributed by atoms with E-state index in [1.54, 1.807) is 0 Å². The third-order valence-electron chi connectivity index (χ3n) is 3.36. The third kappa shape index (κ3) is 16.7. The standard InChI is InChI=1S/C16H34NO7P/c1-5-6-7-8-9-10-16(19)22-13-15(18)14-24-25(20,21)23-12-11-17(2,3)4/h15,18H,5-14H2,1-4H3. The third-order valence-corrected chi connectivity index (χ3v) is 4.32. The summed E-state index contributed by atoms with van der Waals surface area (Å²) in [5.74, 6) is -0.403. The Hall–Kier alpha value is -0.500. The number of carbonyl (C=O) groups is 1. The minimum Gasteiger partial charge on any atom is -0.756 e. The number of aliphatic hydroxyl groups is 1. The van der Waals surface area contributed by atoms with Crippen molar-refractivity contribution in [1.82, 2.24) is 0 Å². The fourth-order valence-corrected chi connectivity index (χ4v) is 2.56. The van der Waals surface area contributed by atoms with Gasteiger partial charge in [0.25, 0.3) is 7.82 Å². The molecule has 0 aromatic rings. The molecule has 2 unspecified atom stereocenters. The first-order valence-electron chi connectivity index (χ1n) is 8.80. The number of nitrogens with zero attached hydrogens (tertiary/aromatic N) is 1. The van der Waals surface area contributed by atoms with Gasteiger partial charge in [-0.3, -0.25) is 9.36 Å². The molecule has 0 aliphatic carbocycles. The highest BCUT2D eigenvalue weighted by Crippen LogP contribution is 2.38. The zero-order valence-corrected chi connectivity index (χ0v) is 16.8. The van der Waals surface area contributed by atoms with Crippen molar-refractivity contribution in [3.63, 3.8) is 0 Å². The zero-order valence-electron chi connectivity index (χ0n) is 15.9. The molecular weight excluding hydrogens is 349 g/mol. The summed E-state index contributed by atoms with van der Waals surface area (Å²) >= 11 is 0. The summed E-state index contributed by atoms with van der Waals surface area (Å²) in [6.45, 7) is 1.80. The van der Waals surface area contributed by atoms with Crippen molar-refractivity contribution in [2.24, 2.45) is 0 Å². The number of unbranched alkanes of at least 4 members (excludes halogenated alkanes) is 4. The van der Waals surface area contributed by atoms with Crippen LogP contribution >= 0.6 is 7.82 Å². The number of ether oxygens (including phenoxy) is 1. The smallest absolute Gasteiger partial charge is 0.305 e. The molecule has 0 bridgehead atoms. The van der Waals surface area contributed by atoms with Crippen LogP contribution in [0.5, 0.6) is 0 Å². The number of likely N-dealkylation sites (N-methyl/N-ethyl adjacent to an activating group) is 1. The van der Waals surface area contributed by atoms with E-state index in [-0.39, 0.29) is 13.2 Å². The maximum Gasteiger partial charge on any atom is 0.305 e. The predicted molar refractivity (Wildman–Crippen MR) is 92.8 cm³/mol. The van der Waals surface area contributed by atoms with Gasteiger partial charge in [0.15, 0.2) is 0 Å². The van der Waals surface area contributed by atoms with Crippen LogP contribution in [0.25, 0.3) is 0 Å². The van der Waals surface area contributed by atoms with Crippen LogP contribution < -0.4 is 4.89 Å². The molecule has 0 aliphatic heterocycles. The Morgan fingerprint density at radius 2 is 1.76 bits per heavy atom. The highest BCUT2D eigenvalue weighted by atomic mass is 31.2. The van der Waals surface area contributed by atoms with E-state index in [0.29, 0.717) is 17.4 Å². The summed E-state index contributed by atoms with van der Waals surface area (Å²) in [6, 6.07) is 0. The van der Waals surface area contributed by atoms with Crippen molar-refractivity contribution in [1.29, 1.82) is 0 Å². The lowest BCUT2D eigenvalue weighted by Crippen LogP contribution is -2.37. The highest BCUT2D eigenvalue weighted by Gasteiger charge is 2.16. The monoisotopic (exact) mass is 383 g/mol. The molecule has 9 heteroatoms. The molecule has 0 aromatic carbocycles. The Morgan fingerprint density at radius 3 is 2.36 bits per heavy atom. The molecule has 0 saturated carbocycles. The minimum atomic E-state index is -4.47. The van der Waals surface area contributed by atoms with Gasteiger partial charge in [-0.15, -0.1) is 0 Å². The van der Waals surface area contributed by atoms with Crippen LogP contribution in [-0.4, -0.2) is 69.2 Å². The number of aliphatic hydroxyl groups excluding tert-OH is 1. The van der Waals surface area contributed by atoms with Gasteiger partial charge >= 0.3 is 5.97 Å². The average Bonchev–Trinajstić information content (AvgIpc) is 2.49. The lowest BCUT2D eigenvalue weighted by atomic mass is 10.1. The van der Waals surface area contributed by atoms with Crippen molar-refractivity contribution in [2.45, 2.75) is 51.6 Å². The topological polar surface area (TPSA) is 105 Å². The predicted octanol–water partition coefficient (Wildman–Crippen LogP) is 1.46. The lowest BCUT2D eigenvalue weighted by molar-refractivity contribution is -0.870. The molecule has 0 spiro atoms. The Balaban J connectivity index is 3.81. The van der Waals surface area contributed by atoms with Crippen molar-refractivity contribution < 1.29 is 37.6 Å². The summed E-state index contributed by atoms with van der Waals surface area (Å²) < 4.78 is 26.3. The Morgan fingerprint density at radius 1 is 1.12 bits per heavy atom. The van der Waals surface area contributed by atoms with E-state index in [2.05, 4.69) is 11.4 Å². The fourth-order valence-electron chi connectivity index (χ4n) is 1.82. The number of phosphoric acid groups is 1. The van der Waals surface area contributed by atoms with E-state index in [1.807, 2.05) is 21.1 Å². The maximum absolute atomic E-state index is 11.5. The van der Waals surface area contributed by atoms with E-state index in [0.717, 1.165) is 32.1 Å². The van der Waals surface area contributed by atoms with Crippen molar-refractivity contribution in [2.75, 3.05) is 47.5 Å². The normalized spacial score (nSPS) is 15.6. The molecule has 0 saturated heterocycles. The van der Waals surface area contributed by atoms with Crippen LogP contribution in [0.2, 0.25) is 0 Å². The van der Waals surface area contributed by atoms with Crippen LogP contribution in [0.4, 0.5) is 0 Å². The number of hydrogen-bond acceptors (Lipinski definition) is 7. The molecule has 150 valence electrons. The Kier molecular flexibility index (Phi) is 12.5. The number of quaternary nitrogens is 1. The van der Waals surface area contributed by atoms with Gasteiger partial charge in [0, 0.05) is 6.42 Å². The average molecular weight is 383 g/mol. The highest BCUT2D eigenvalue weighted by molar-refractivity contribution is 7.45. The van der Waals surface area contributed by atoms with Crippen LogP contribution in [0, 0.1) is 0 Å². The van der Waals surface area contributed by atoms with Gasteiger partial charge in [0.1, 0.15) is 25.9 Å². The van der Waals surface area contributed by atoms with Gasteiger partial charge in [-0.25, -0.2) is 0 Å².